The van der Waals surface area contributed by atoms with Gasteiger partial charge in [-0.1, -0.05) is 13.5 Å². The lowest BCUT2D eigenvalue weighted by molar-refractivity contribution is -0.189. The molecule has 2 aliphatic heterocycles. The molecule has 2 aliphatic rings. The highest BCUT2D eigenvalue weighted by molar-refractivity contribution is 5.91. The lowest BCUT2D eigenvalue weighted by atomic mass is 9.89. The fourth-order valence-corrected chi connectivity index (χ4v) is 4.90. The Bertz CT molecular complexity index is 1600. The van der Waals surface area contributed by atoms with Crippen LogP contribution in [-0.2, 0) is 53.8 Å². The molecule has 0 saturated heterocycles. The number of rotatable bonds is 5. The molecule has 0 bridgehead atoms. The van der Waals surface area contributed by atoms with Crippen LogP contribution in [0.15, 0.2) is 41.2 Å². The first-order chi connectivity index (χ1) is 17.5. The molecule has 37 heavy (non-hydrogen) atoms. The van der Waals surface area contributed by atoms with Gasteiger partial charge in [-0.25, -0.2) is 19.4 Å². The molecule has 1 atom stereocenters. The van der Waals surface area contributed by atoms with Crippen molar-refractivity contribution in [3.63, 3.8) is 0 Å². The predicted octanol–water partition coefficient (Wildman–Crippen LogP) is 2.63. The monoisotopic (exact) mass is 504 g/mol. The summed E-state index contributed by atoms with van der Waals surface area (Å²) in [7, 11) is 0. The number of carbonyl (C=O) groups excluding carboxylic acids is 3. The molecule has 4 heterocycles. The Morgan fingerprint density at radius 3 is 2.70 bits per heavy atom. The molecule has 10 heteroatoms. The largest absolute Gasteiger partial charge is 0.508 e. The number of phenolic OH excluding ortho intramolecular Hbond substituents is 1. The number of fused-ring (bicyclic) bond motifs is 5. The van der Waals surface area contributed by atoms with Gasteiger partial charge in [0.15, 0.2) is 6.61 Å². The van der Waals surface area contributed by atoms with E-state index in [1.54, 1.807) is 28.8 Å². The zero-order valence-corrected chi connectivity index (χ0v) is 20.5. The third-order valence-corrected chi connectivity index (χ3v) is 6.74. The van der Waals surface area contributed by atoms with Gasteiger partial charge in [0.05, 0.1) is 29.0 Å². The number of cyclic esters (lactones) is 1. The maximum atomic E-state index is 13.6. The second-order valence-corrected chi connectivity index (χ2v) is 9.23. The number of esters is 3. The Labute approximate surface area is 211 Å². The summed E-state index contributed by atoms with van der Waals surface area (Å²) in [6, 6.07) is 6.54. The fraction of sp³-hybridized carbons (Fsp3) is 0.296. The summed E-state index contributed by atoms with van der Waals surface area (Å²) in [5, 5.41) is 10.8. The van der Waals surface area contributed by atoms with E-state index in [-0.39, 0.29) is 41.2 Å². The maximum Gasteiger partial charge on any atom is 0.355 e. The van der Waals surface area contributed by atoms with E-state index < -0.39 is 30.1 Å². The zero-order chi connectivity index (χ0) is 26.6. The molecule has 1 aromatic carbocycles. The number of benzene rings is 1. The van der Waals surface area contributed by atoms with Crippen LogP contribution in [0.3, 0.4) is 0 Å². The van der Waals surface area contributed by atoms with Crippen LogP contribution < -0.4 is 5.56 Å². The third kappa shape index (κ3) is 3.76. The van der Waals surface area contributed by atoms with Crippen LogP contribution in [0, 0.1) is 0 Å². The van der Waals surface area contributed by atoms with Crippen molar-refractivity contribution in [3.05, 3.63) is 69.0 Å². The summed E-state index contributed by atoms with van der Waals surface area (Å²) in [6.45, 7) is 7.45. The Kier molecular flexibility index (Phi) is 5.62. The van der Waals surface area contributed by atoms with Crippen molar-refractivity contribution >= 4 is 28.8 Å². The summed E-state index contributed by atoms with van der Waals surface area (Å²) in [4.78, 5) is 55.4. The molecular weight excluding hydrogens is 480 g/mol. The molecular formula is C27H24N2O8. The molecule has 3 aromatic rings. The summed E-state index contributed by atoms with van der Waals surface area (Å²) >= 11 is 0. The van der Waals surface area contributed by atoms with E-state index in [1.807, 2.05) is 6.92 Å². The van der Waals surface area contributed by atoms with E-state index in [0.717, 1.165) is 16.5 Å². The van der Waals surface area contributed by atoms with Gasteiger partial charge in [-0.3, -0.25) is 4.79 Å². The average Bonchev–Trinajstić information content (AvgIpc) is 3.22. The number of ether oxygens (including phenoxy) is 3. The molecule has 5 rings (SSSR count). The molecule has 1 N–H and O–H groups in total. The number of aromatic hydroxyl groups is 1. The lowest BCUT2D eigenvalue weighted by Crippen LogP contribution is -2.46. The highest BCUT2D eigenvalue weighted by Gasteiger charge is 2.48. The number of hydrogen-bond donors (Lipinski definition) is 1. The standard InChI is InChI=1S/C27H24N2O8/c1-5-15-16-8-14(30)6-7-20(16)28-23-17(15)10-29-21(23)9-19-18(24(29)32)11-36-26(34)27(19,4)37-22(31)12-35-25(33)13(2)3/h6-9,30H,2,5,10-12H2,1,3-4H3/t27-/m0/s1. The van der Waals surface area contributed by atoms with Gasteiger partial charge in [0, 0.05) is 22.1 Å². The Balaban J connectivity index is 1.62. The number of pyridine rings is 2. The van der Waals surface area contributed by atoms with Crippen LogP contribution in [0.25, 0.3) is 22.3 Å². The normalized spacial score (nSPS) is 17.4. The van der Waals surface area contributed by atoms with E-state index in [2.05, 4.69) is 6.58 Å². The number of nitrogens with zero attached hydrogens (tertiary/aromatic N) is 2. The molecule has 0 fully saturated rings. The van der Waals surface area contributed by atoms with Crippen LogP contribution in [0.5, 0.6) is 5.75 Å². The van der Waals surface area contributed by atoms with E-state index in [1.165, 1.54) is 13.8 Å². The van der Waals surface area contributed by atoms with Crippen LogP contribution >= 0.6 is 0 Å². The minimum absolute atomic E-state index is 0.102. The molecule has 0 spiro atoms. The van der Waals surface area contributed by atoms with Gasteiger partial charge in [-0.2, -0.15) is 0 Å². The second kappa shape index (κ2) is 8.58. The van der Waals surface area contributed by atoms with E-state index in [4.69, 9.17) is 19.2 Å². The van der Waals surface area contributed by atoms with Crippen LogP contribution in [0.4, 0.5) is 0 Å². The van der Waals surface area contributed by atoms with Gasteiger partial charge in [0.1, 0.15) is 12.4 Å². The quantitative estimate of drug-likeness (QED) is 0.247. The molecule has 0 unspecified atom stereocenters. The summed E-state index contributed by atoms with van der Waals surface area (Å²) < 4.78 is 17.1. The molecule has 0 aliphatic carbocycles. The van der Waals surface area contributed by atoms with Crippen molar-refractivity contribution in [1.29, 1.82) is 0 Å². The molecule has 0 radical (unpaired) electrons. The Hall–Kier alpha value is -4.47. The van der Waals surface area contributed by atoms with Gasteiger partial charge < -0.3 is 23.9 Å². The number of hydrogen-bond acceptors (Lipinski definition) is 9. The first kappa shape index (κ1) is 24.2. The van der Waals surface area contributed by atoms with E-state index in [9.17, 15) is 24.3 Å². The van der Waals surface area contributed by atoms with Crippen molar-refractivity contribution in [2.24, 2.45) is 0 Å². The number of phenols is 1. The van der Waals surface area contributed by atoms with Gasteiger partial charge in [0.2, 0.25) is 5.60 Å². The first-order valence-electron chi connectivity index (χ1n) is 11.7. The SMILES string of the molecule is C=C(C)C(=O)OCC(=O)O[C@]1(C)C(=O)OCc2c1cc1n(c2=O)Cc2c-1nc1ccc(O)cc1c2CC. The highest BCUT2D eigenvalue weighted by Crippen LogP contribution is 2.41. The van der Waals surface area contributed by atoms with Crippen molar-refractivity contribution in [3.8, 4) is 17.1 Å². The molecule has 0 saturated carbocycles. The van der Waals surface area contributed by atoms with Gasteiger partial charge >= 0.3 is 17.9 Å². The van der Waals surface area contributed by atoms with Crippen molar-refractivity contribution in [1.82, 2.24) is 9.55 Å². The van der Waals surface area contributed by atoms with Crippen LogP contribution in [0.1, 0.15) is 43.0 Å². The van der Waals surface area contributed by atoms with Crippen molar-refractivity contribution in [2.45, 2.75) is 45.9 Å². The Morgan fingerprint density at radius 1 is 1.24 bits per heavy atom. The van der Waals surface area contributed by atoms with Gasteiger partial charge in [-0.15, -0.1) is 0 Å². The highest BCUT2D eigenvalue weighted by atomic mass is 16.6. The van der Waals surface area contributed by atoms with Crippen LogP contribution in [-0.4, -0.2) is 39.2 Å². The van der Waals surface area contributed by atoms with Crippen LogP contribution in [0.2, 0.25) is 0 Å². The lowest BCUT2D eigenvalue weighted by Gasteiger charge is -2.33. The Morgan fingerprint density at radius 2 is 2.00 bits per heavy atom. The minimum atomic E-state index is -1.94. The zero-order valence-electron chi connectivity index (χ0n) is 20.5. The second-order valence-electron chi connectivity index (χ2n) is 9.23. The van der Waals surface area contributed by atoms with Gasteiger partial charge in [0.25, 0.3) is 5.56 Å². The summed E-state index contributed by atoms with van der Waals surface area (Å²) in [5.41, 5.74) is 1.67. The molecule has 0 amide bonds. The fourth-order valence-electron chi connectivity index (χ4n) is 4.90. The number of aryl methyl sites for hydroxylation is 1. The molecule has 190 valence electrons. The summed E-state index contributed by atoms with van der Waals surface area (Å²) in [5.74, 6) is -2.49. The topological polar surface area (TPSA) is 134 Å². The first-order valence-corrected chi connectivity index (χ1v) is 11.7. The number of aromatic nitrogens is 2. The minimum Gasteiger partial charge on any atom is -0.508 e. The smallest absolute Gasteiger partial charge is 0.355 e. The molecule has 10 nitrogen and oxygen atoms in total. The van der Waals surface area contributed by atoms with E-state index in [0.29, 0.717) is 23.3 Å². The number of carbonyl (C=O) groups is 3. The molecule has 2 aromatic heterocycles. The van der Waals surface area contributed by atoms with Crippen molar-refractivity contribution < 1.29 is 33.7 Å². The third-order valence-electron chi connectivity index (χ3n) is 6.74. The summed E-state index contributed by atoms with van der Waals surface area (Å²) in [6.07, 6.45) is 0.646. The maximum absolute atomic E-state index is 13.6. The van der Waals surface area contributed by atoms with E-state index >= 15 is 0 Å². The van der Waals surface area contributed by atoms with Gasteiger partial charge in [-0.05, 0) is 50.1 Å². The predicted molar refractivity (Wildman–Crippen MR) is 131 cm³/mol. The average molecular weight is 504 g/mol. The van der Waals surface area contributed by atoms with Crippen molar-refractivity contribution in [2.75, 3.05) is 6.61 Å².